The Balaban J connectivity index is 2.40. The maximum absolute atomic E-state index is 10.2. The van der Waals surface area contributed by atoms with Gasteiger partial charge >= 0.3 is 0 Å². The molecule has 2 fully saturated rings. The van der Waals surface area contributed by atoms with E-state index in [1.54, 1.807) is 0 Å². The molecule has 0 radical (unpaired) electrons. The van der Waals surface area contributed by atoms with Crippen molar-refractivity contribution in [2.45, 2.75) is 44.8 Å². The second kappa shape index (κ2) is 1.80. The van der Waals surface area contributed by atoms with Crippen LogP contribution in [0.1, 0.15) is 33.1 Å². The van der Waals surface area contributed by atoms with E-state index < -0.39 is 5.60 Å². The molecule has 0 aromatic carbocycles. The molecule has 2 aliphatic rings. The fourth-order valence-corrected chi connectivity index (χ4v) is 3.01. The maximum Gasteiger partial charge on any atom is 0.0851 e. The van der Waals surface area contributed by atoms with Crippen molar-refractivity contribution in [1.29, 1.82) is 0 Å². The number of hydrogen-bond acceptors (Lipinski definition) is 2. The molecule has 2 nitrogen and oxygen atoms in total. The van der Waals surface area contributed by atoms with E-state index in [1.165, 1.54) is 0 Å². The van der Waals surface area contributed by atoms with Crippen LogP contribution in [0.2, 0.25) is 0 Å². The first kappa shape index (κ1) is 7.56. The summed E-state index contributed by atoms with van der Waals surface area (Å²) in [5.74, 6) is 0.655. The van der Waals surface area contributed by atoms with Crippen molar-refractivity contribution in [1.82, 2.24) is 0 Å². The third-order valence-corrected chi connectivity index (χ3v) is 4.16. The van der Waals surface area contributed by atoms with Crippen LogP contribution in [-0.2, 0) is 0 Å². The molecule has 0 aliphatic heterocycles. The number of rotatable bonds is 0. The van der Waals surface area contributed by atoms with Gasteiger partial charge in [-0.15, -0.1) is 0 Å². The summed E-state index contributed by atoms with van der Waals surface area (Å²) >= 11 is 0. The molecular formula is C9H17NO. The lowest BCUT2D eigenvalue weighted by Gasteiger charge is -2.35. The normalized spacial score (nSPS) is 53.5. The van der Waals surface area contributed by atoms with Gasteiger partial charge < -0.3 is 10.8 Å². The molecule has 0 aromatic heterocycles. The highest BCUT2D eigenvalue weighted by molar-refractivity contribution is 5.15. The van der Waals surface area contributed by atoms with Crippen LogP contribution in [0, 0.1) is 11.3 Å². The van der Waals surface area contributed by atoms with Crippen molar-refractivity contribution >= 4 is 0 Å². The monoisotopic (exact) mass is 155 g/mol. The largest absolute Gasteiger partial charge is 0.388 e. The molecule has 2 rings (SSSR count). The lowest BCUT2D eigenvalue weighted by atomic mass is 9.78. The predicted molar refractivity (Wildman–Crippen MR) is 44.0 cm³/mol. The molecular weight excluding hydrogens is 138 g/mol. The van der Waals surface area contributed by atoms with Crippen LogP contribution < -0.4 is 5.73 Å². The van der Waals surface area contributed by atoms with Crippen LogP contribution >= 0.6 is 0 Å². The Labute approximate surface area is 67.8 Å². The lowest BCUT2D eigenvalue weighted by Crippen LogP contribution is -2.49. The zero-order valence-corrected chi connectivity index (χ0v) is 7.30. The number of aliphatic hydroxyl groups is 1. The second-order valence-electron chi connectivity index (χ2n) is 4.72. The van der Waals surface area contributed by atoms with Gasteiger partial charge in [-0.25, -0.2) is 0 Å². The SMILES string of the molecule is CC1(C)[C@@H]2CC[C@]1(O)[C@@H](N)C2. The van der Waals surface area contributed by atoms with E-state index in [0.717, 1.165) is 19.3 Å². The summed E-state index contributed by atoms with van der Waals surface area (Å²) in [6.45, 7) is 4.30. The van der Waals surface area contributed by atoms with E-state index in [0.29, 0.717) is 5.92 Å². The van der Waals surface area contributed by atoms with E-state index in [4.69, 9.17) is 5.73 Å². The van der Waals surface area contributed by atoms with E-state index >= 15 is 0 Å². The molecule has 2 aliphatic carbocycles. The highest BCUT2D eigenvalue weighted by Crippen LogP contribution is 2.59. The van der Waals surface area contributed by atoms with Crippen molar-refractivity contribution in [2.75, 3.05) is 0 Å². The van der Waals surface area contributed by atoms with E-state index in [9.17, 15) is 5.11 Å². The maximum atomic E-state index is 10.2. The van der Waals surface area contributed by atoms with Gasteiger partial charge in [-0.3, -0.25) is 0 Å². The topological polar surface area (TPSA) is 46.2 Å². The molecule has 0 aromatic rings. The Bertz CT molecular complexity index is 190. The minimum absolute atomic E-state index is 0.0243. The number of nitrogens with two attached hydrogens (primary N) is 1. The van der Waals surface area contributed by atoms with Crippen LogP contribution in [0.5, 0.6) is 0 Å². The van der Waals surface area contributed by atoms with E-state index in [2.05, 4.69) is 13.8 Å². The molecule has 0 saturated heterocycles. The molecule has 0 amide bonds. The summed E-state index contributed by atoms with van der Waals surface area (Å²) in [5, 5.41) is 10.2. The summed E-state index contributed by atoms with van der Waals surface area (Å²) in [7, 11) is 0. The van der Waals surface area contributed by atoms with Gasteiger partial charge in [0.2, 0.25) is 0 Å². The summed E-state index contributed by atoms with van der Waals surface area (Å²) in [5.41, 5.74) is 5.38. The molecule has 0 heterocycles. The average molecular weight is 155 g/mol. The zero-order valence-electron chi connectivity index (χ0n) is 7.30. The van der Waals surface area contributed by atoms with Gasteiger partial charge in [-0.1, -0.05) is 13.8 Å². The highest BCUT2D eigenvalue weighted by atomic mass is 16.3. The first-order valence-electron chi connectivity index (χ1n) is 4.46. The Kier molecular flexibility index (Phi) is 1.24. The van der Waals surface area contributed by atoms with Crippen molar-refractivity contribution in [3.8, 4) is 0 Å². The minimum Gasteiger partial charge on any atom is -0.388 e. The van der Waals surface area contributed by atoms with Crippen molar-refractivity contribution in [3.05, 3.63) is 0 Å². The lowest BCUT2D eigenvalue weighted by molar-refractivity contribution is -0.0404. The van der Waals surface area contributed by atoms with Gasteiger partial charge in [0.1, 0.15) is 0 Å². The van der Waals surface area contributed by atoms with Crippen LogP contribution in [0.15, 0.2) is 0 Å². The second-order valence-corrected chi connectivity index (χ2v) is 4.72. The van der Waals surface area contributed by atoms with Crippen molar-refractivity contribution in [2.24, 2.45) is 17.1 Å². The van der Waals surface area contributed by atoms with Crippen LogP contribution in [-0.4, -0.2) is 16.7 Å². The van der Waals surface area contributed by atoms with Gasteiger partial charge in [-0.2, -0.15) is 0 Å². The Morgan fingerprint density at radius 2 is 2.09 bits per heavy atom. The predicted octanol–water partition coefficient (Wildman–Crippen LogP) is 0.885. The molecule has 2 heteroatoms. The van der Waals surface area contributed by atoms with Crippen LogP contribution in [0.4, 0.5) is 0 Å². The number of fused-ring (bicyclic) bond motifs is 2. The zero-order chi connectivity index (χ0) is 8.28. The fourth-order valence-electron chi connectivity index (χ4n) is 3.01. The molecule has 2 saturated carbocycles. The Morgan fingerprint density at radius 3 is 2.27 bits per heavy atom. The Hall–Kier alpha value is -0.0800. The average Bonchev–Trinajstić information content (AvgIpc) is 2.20. The third-order valence-electron chi connectivity index (χ3n) is 4.16. The van der Waals surface area contributed by atoms with Crippen molar-refractivity contribution in [3.63, 3.8) is 0 Å². The molecule has 0 spiro atoms. The minimum atomic E-state index is -0.558. The summed E-state index contributed by atoms with van der Waals surface area (Å²) in [6.07, 6.45) is 3.09. The third kappa shape index (κ3) is 0.651. The van der Waals surface area contributed by atoms with Gasteiger partial charge in [0.25, 0.3) is 0 Å². The standard InChI is InChI=1S/C9H17NO/c1-8(2)6-3-4-9(8,11)7(10)5-6/h6-7,11H,3-5,10H2,1-2H3/t6-,7+,9+/m1/s1. The first-order valence-corrected chi connectivity index (χ1v) is 4.46. The molecule has 11 heavy (non-hydrogen) atoms. The van der Waals surface area contributed by atoms with Crippen molar-refractivity contribution < 1.29 is 5.11 Å². The van der Waals surface area contributed by atoms with Gasteiger partial charge in [-0.05, 0) is 30.6 Å². The molecule has 3 N–H and O–H groups in total. The van der Waals surface area contributed by atoms with Crippen LogP contribution in [0.25, 0.3) is 0 Å². The summed E-state index contributed by atoms with van der Waals surface area (Å²) < 4.78 is 0. The van der Waals surface area contributed by atoms with Gasteiger partial charge in [0.15, 0.2) is 0 Å². The first-order chi connectivity index (χ1) is 4.98. The molecule has 64 valence electrons. The molecule has 0 unspecified atom stereocenters. The summed E-state index contributed by atoms with van der Waals surface area (Å²) in [4.78, 5) is 0. The van der Waals surface area contributed by atoms with Gasteiger partial charge in [0, 0.05) is 6.04 Å². The Morgan fingerprint density at radius 1 is 1.45 bits per heavy atom. The molecule has 2 bridgehead atoms. The highest BCUT2D eigenvalue weighted by Gasteiger charge is 2.62. The smallest absolute Gasteiger partial charge is 0.0851 e. The van der Waals surface area contributed by atoms with Crippen LogP contribution in [0.3, 0.4) is 0 Å². The van der Waals surface area contributed by atoms with E-state index in [1.807, 2.05) is 0 Å². The summed E-state index contributed by atoms with van der Waals surface area (Å²) in [6, 6.07) is 0.0243. The molecule has 3 atom stereocenters. The van der Waals surface area contributed by atoms with E-state index in [-0.39, 0.29) is 11.5 Å². The fraction of sp³-hybridized carbons (Fsp3) is 1.00. The van der Waals surface area contributed by atoms with Gasteiger partial charge in [0.05, 0.1) is 5.60 Å². The number of hydrogen-bond donors (Lipinski definition) is 2. The quantitative estimate of drug-likeness (QED) is 0.545.